The minimum atomic E-state index is -0.738. The Bertz CT molecular complexity index is 1390. The lowest BCUT2D eigenvalue weighted by molar-refractivity contribution is -0.120. The molecule has 0 bridgehead atoms. The van der Waals surface area contributed by atoms with Crippen LogP contribution in [0.5, 0.6) is 5.75 Å². The number of hydrogen-bond acceptors (Lipinski definition) is 5. The van der Waals surface area contributed by atoms with Crippen molar-refractivity contribution in [3.05, 3.63) is 99.2 Å². The lowest BCUT2D eigenvalue weighted by Crippen LogP contribution is -2.41. The van der Waals surface area contributed by atoms with Gasteiger partial charge in [-0.1, -0.05) is 60.7 Å². The van der Waals surface area contributed by atoms with Crippen molar-refractivity contribution in [2.24, 2.45) is 0 Å². The molecule has 0 fully saturated rings. The number of H-pyrrole nitrogens is 1. The number of anilines is 2. The van der Waals surface area contributed by atoms with Crippen molar-refractivity contribution < 1.29 is 9.53 Å². The average Bonchev–Trinajstić information content (AvgIpc) is 2.80. The van der Waals surface area contributed by atoms with Gasteiger partial charge in [0.15, 0.2) is 12.3 Å². The van der Waals surface area contributed by atoms with Crippen LogP contribution in [-0.4, -0.2) is 29.1 Å². The van der Waals surface area contributed by atoms with Gasteiger partial charge >= 0.3 is 5.69 Å². The lowest BCUT2D eigenvalue weighted by atomic mass is 10.1. The Morgan fingerprint density at radius 2 is 1.69 bits per heavy atom. The molecular formula is C24H22N4O4. The number of aromatic nitrogens is 2. The second kappa shape index (κ2) is 8.81. The zero-order chi connectivity index (χ0) is 22.7. The molecule has 32 heavy (non-hydrogen) atoms. The minimum absolute atomic E-state index is 0.0934. The fourth-order valence-corrected chi connectivity index (χ4v) is 3.45. The maximum absolute atomic E-state index is 12.7. The maximum Gasteiger partial charge on any atom is 0.330 e. The van der Waals surface area contributed by atoms with Gasteiger partial charge in [-0.3, -0.25) is 19.1 Å². The van der Waals surface area contributed by atoms with Crippen LogP contribution in [0.4, 0.5) is 11.5 Å². The molecule has 8 nitrogen and oxygen atoms in total. The molecule has 162 valence electrons. The Hall–Kier alpha value is -4.33. The summed E-state index contributed by atoms with van der Waals surface area (Å²) in [5, 5.41) is 2.04. The first-order valence-corrected chi connectivity index (χ1v) is 9.98. The fraction of sp³-hybridized carbons (Fsp3) is 0.125. The molecule has 1 heterocycles. The molecule has 1 amide bonds. The number of nitrogen functional groups attached to an aromatic ring is 1. The molecule has 0 unspecified atom stereocenters. The molecule has 0 spiro atoms. The first kappa shape index (κ1) is 20.9. The molecule has 4 aromatic rings. The highest BCUT2D eigenvalue weighted by molar-refractivity contribution is 5.96. The van der Waals surface area contributed by atoms with Gasteiger partial charge in [0.2, 0.25) is 0 Å². The van der Waals surface area contributed by atoms with Crippen LogP contribution >= 0.6 is 0 Å². The fourth-order valence-electron chi connectivity index (χ4n) is 3.45. The SMILES string of the molecule is CN(C(=O)COc1ccc2ccccc2c1)c1c(N)n(Cc2ccccc2)c(=O)[nH]c1=O. The molecule has 0 aliphatic rings. The van der Waals surface area contributed by atoms with Crippen LogP contribution in [-0.2, 0) is 11.3 Å². The topological polar surface area (TPSA) is 110 Å². The van der Waals surface area contributed by atoms with Gasteiger partial charge in [-0.2, -0.15) is 0 Å². The second-order valence-corrected chi connectivity index (χ2v) is 7.32. The van der Waals surface area contributed by atoms with E-state index in [9.17, 15) is 14.4 Å². The highest BCUT2D eigenvalue weighted by Gasteiger charge is 2.21. The molecule has 1 aromatic heterocycles. The van der Waals surface area contributed by atoms with Gasteiger partial charge in [0.1, 0.15) is 11.6 Å². The molecule has 0 aliphatic heterocycles. The number of rotatable bonds is 6. The Morgan fingerprint density at radius 1 is 1.00 bits per heavy atom. The Morgan fingerprint density at radius 3 is 2.44 bits per heavy atom. The molecule has 0 aliphatic carbocycles. The Kier molecular flexibility index (Phi) is 5.76. The molecule has 8 heteroatoms. The second-order valence-electron chi connectivity index (χ2n) is 7.32. The number of ether oxygens (including phenoxy) is 1. The molecular weight excluding hydrogens is 408 g/mol. The monoisotopic (exact) mass is 430 g/mol. The molecule has 0 radical (unpaired) electrons. The van der Waals surface area contributed by atoms with Gasteiger partial charge in [0, 0.05) is 7.05 Å². The zero-order valence-corrected chi connectivity index (χ0v) is 17.4. The summed E-state index contributed by atoms with van der Waals surface area (Å²) in [7, 11) is 1.42. The van der Waals surface area contributed by atoms with Crippen molar-refractivity contribution >= 4 is 28.2 Å². The van der Waals surface area contributed by atoms with Crippen LogP contribution in [0, 0.1) is 0 Å². The third-order valence-corrected chi connectivity index (χ3v) is 5.19. The number of carbonyl (C=O) groups excluding carboxylic acids is 1. The van der Waals surface area contributed by atoms with Crippen LogP contribution in [0.2, 0.25) is 0 Å². The van der Waals surface area contributed by atoms with E-state index in [2.05, 4.69) is 4.98 Å². The van der Waals surface area contributed by atoms with Gasteiger partial charge in [0.05, 0.1) is 6.54 Å². The van der Waals surface area contributed by atoms with Crippen molar-refractivity contribution in [2.45, 2.75) is 6.54 Å². The van der Waals surface area contributed by atoms with Crippen molar-refractivity contribution in [1.29, 1.82) is 0 Å². The van der Waals surface area contributed by atoms with E-state index in [0.717, 1.165) is 21.2 Å². The number of likely N-dealkylation sites (N-methyl/N-ethyl adjacent to an activating group) is 1. The number of fused-ring (bicyclic) bond motifs is 1. The number of carbonyl (C=O) groups is 1. The van der Waals surface area contributed by atoms with Crippen LogP contribution in [0.15, 0.2) is 82.4 Å². The normalized spacial score (nSPS) is 10.8. The van der Waals surface area contributed by atoms with E-state index in [0.29, 0.717) is 5.75 Å². The average molecular weight is 430 g/mol. The van der Waals surface area contributed by atoms with Crippen molar-refractivity contribution in [2.75, 3.05) is 24.3 Å². The molecule has 0 saturated heterocycles. The van der Waals surface area contributed by atoms with E-state index < -0.39 is 17.2 Å². The van der Waals surface area contributed by atoms with Crippen LogP contribution in [0.25, 0.3) is 10.8 Å². The molecule has 0 atom stereocenters. The van der Waals surface area contributed by atoms with Crippen molar-refractivity contribution in [3.63, 3.8) is 0 Å². The lowest BCUT2D eigenvalue weighted by Gasteiger charge is -2.20. The predicted octanol–water partition coefficient (Wildman–Crippen LogP) is 2.36. The predicted molar refractivity (Wildman–Crippen MR) is 124 cm³/mol. The number of hydrogen-bond donors (Lipinski definition) is 2. The molecule has 4 rings (SSSR count). The van der Waals surface area contributed by atoms with Gasteiger partial charge in [-0.15, -0.1) is 0 Å². The van der Waals surface area contributed by atoms with Gasteiger partial charge in [-0.05, 0) is 28.5 Å². The van der Waals surface area contributed by atoms with E-state index in [4.69, 9.17) is 10.5 Å². The standard InChI is InChI=1S/C24H22N4O4/c1-27(20(29)15-32-19-12-11-17-9-5-6-10-18(17)13-19)21-22(25)28(24(31)26-23(21)30)14-16-7-3-2-4-8-16/h2-13H,14-15,25H2,1H3,(H,26,30,31). The van der Waals surface area contributed by atoms with Crippen molar-refractivity contribution in [1.82, 2.24) is 9.55 Å². The van der Waals surface area contributed by atoms with Gasteiger partial charge < -0.3 is 15.4 Å². The summed E-state index contributed by atoms with van der Waals surface area (Å²) in [6.07, 6.45) is 0. The van der Waals surface area contributed by atoms with Crippen molar-refractivity contribution in [3.8, 4) is 5.75 Å². The first-order valence-electron chi connectivity index (χ1n) is 9.98. The minimum Gasteiger partial charge on any atom is -0.484 e. The molecule has 3 aromatic carbocycles. The van der Waals surface area contributed by atoms with Crippen LogP contribution in [0.3, 0.4) is 0 Å². The number of nitrogens with one attached hydrogen (secondary N) is 1. The third-order valence-electron chi connectivity index (χ3n) is 5.19. The summed E-state index contributed by atoms with van der Waals surface area (Å²) in [4.78, 5) is 40.9. The van der Waals surface area contributed by atoms with Crippen LogP contribution < -0.4 is 26.6 Å². The number of amides is 1. The third kappa shape index (κ3) is 4.24. The Balaban J connectivity index is 1.55. The van der Waals surface area contributed by atoms with E-state index in [-0.39, 0.29) is 24.7 Å². The summed E-state index contributed by atoms with van der Waals surface area (Å²) >= 11 is 0. The quantitative estimate of drug-likeness (QED) is 0.488. The van der Waals surface area contributed by atoms with E-state index in [1.165, 1.54) is 11.6 Å². The molecule has 0 saturated carbocycles. The highest BCUT2D eigenvalue weighted by Crippen LogP contribution is 2.21. The summed E-state index contributed by atoms with van der Waals surface area (Å²) in [5.41, 5.74) is 5.49. The zero-order valence-electron chi connectivity index (χ0n) is 17.4. The smallest absolute Gasteiger partial charge is 0.330 e. The number of nitrogens with two attached hydrogens (primary N) is 1. The van der Waals surface area contributed by atoms with Gasteiger partial charge in [0.25, 0.3) is 11.5 Å². The van der Waals surface area contributed by atoms with Crippen LogP contribution in [0.1, 0.15) is 5.56 Å². The summed E-state index contributed by atoms with van der Waals surface area (Å²) < 4.78 is 6.86. The number of aromatic amines is 1. The Labute approximate surface area is 183 Å². The molecule has 3 N–H and O–H groups in total. The van der Waals surface area contributed by atoms with E-state index in [1.807, 2.05) is 66.7 Å². The number of nitrogens with zero attached hydrogens (tertiary/aromatic N) is 2. The highest BCUT2D eigenvalue weighted by atomic mass is 16.5. The summed E-state index contributed by atoms with van der Waals surface area (Å²) in [6.45, 7) is -0.142. The summed E-state index contributed by atoms with van der Waals surface area (Å²) in [5.74, 6) is -0.0502. The summed E-state index contributed by atoms with van der Waals surface area (Å²) in [6, 6.07) is 22.5. The van der Waals surface area contributed by atoms with E-state index in [1.54, 1.807) is 6.07 Å². The number of benzene rings is 3. The maximum atomic E-state index is 12.7. The largest absolute Gasteiger partial charge is 0.484 e. The van der Waals surface area contributed by atoms with Gasteiger partial charge in [-0.25, -0.2) is 4.79 Å². The first-order chi connectivity index (χ1) is 15.4. The van der Waals surface area contributed by atoms with E-state index >= 15 is 0 Å².